The summed E-state index contributed by atoms with van der Waals surface area (Å²) in [6.45, 7) is 0.0561. The second-order valence-corrected chi connectivity index (χ2v) is 7.00. The maximum Gasteiger partial charge on any atom is 0.222 e. The fourth-order valence-corrected chi connectivity index (χ4v) is 3.68. The Balaban J connectivity index is 1.72. The van der Waals surface area contributed by atoms with Gasteiger partial charge in [0.05, 0.1) is 12.1 Å². The number of benzene rings is 2. The van der Waals surface area contributed by atoms with Crippen molar-refractivity contribution in [2.24, 2.45) is 0 Å². The van der Waals surface area contributed by atoms with Crippen molar-refractivity contribution in [3.05, 3.63) is 48.0 Å². The Labute approximate surface area is 153 Å². The number of nitrogens with one attached hydrogen (secondary N) is 1. The summed E-state index contributed by atoms with van der Waals surface area (Å²) in [5, 5.41) is 13.8. The van der Waals surface area contributed by atoms with Crippen molar-refractivity contribution in [1.82, 2.24) is 9.97 Å². The Hall–Kier alpha value is -2.66. The zero-order valence-corrected chi connectivity index (χ0v) is 14.8. The Bertz CT molecular complexity index is 902. The smallest absolute Gasteiger partial charge is 0.222 e. The van der Waals surface area contributed by atoms with Crippen LogP contribution in [-0.4, -0.2) is 21.1 Å². The van der Waals surface area contributed by atoms with E-state index in [1.807, 2.05) is 36.4 Å². The summed E-state index contributed by atoms with van der Waals surface area (Å²) in [7, 11) is 0. The molecule has 1 heterocycles. The van der Waals surface area contributed by atoms with Crippen LogP contribution in [0.1, 0.15) is 37.7 Å². The molecule has 5 heteroatoms. The minimum Gasteiger partial charge on any atom is -0.392 e. The van der Waals surface area contributed by atoms with Crippen molar-refractivity contribution in [2.45, 2.75) is 44.8 Å². The molecule has 134 valence electrons. The number of rotatable bonds is 4. The number of aromatic nitrogens is 2. The van der Waals surface area contributed by atoms with Crippen LogP contribution in [0.3, 0.4) is 0 Å². The lowest BCUT2D eigenvalue weighted by Gasteiger charge is -2.24. The van der Waals surface area contributed by atoms with Crippen LogP contribution in [0.5, 0.6) is 0 Å². The van der Waals surface area contributed by atoms with Crippen molar-refractivity contribution in [3.8, 4) is 11.1 Å². The molecule has 1 aromatic heterocycles. The van der Waals surface area contributed by atoms with E-state index in [1.54, 1.807) is 0 Å². The third kappa shape index (κ3) is 3.48. The molecule has 0 unspecified atom stereocenters. The molecule has 3 aromatic rings. The molecule has 1 saturated carbocycles. The number of aliphatic hydroxyl groups excluding tert-OH is 1. The van der Waals surface area contributed by atoms with Gasteiger partial charge in [-0.3, -0.25) is 0 Å². The quantitative estimate of drug-likeness (QED) is 0.660. The third-order valence-electron chi connectivity index (χ3n) is 5.13. The van der Waals surface area contributed by atoms with Crippen LogP contribution < -0.4 is 11.1 Å². The molecule has 1 fully saturated rings. The fourth-order valence-electron chi connectivity index (χ4n) is 3.68. The van der Waals surface area contributed by atoms with Crippen LogP contribution in [0.25, 0.3) is 22.0 Å². The van der Waals surface area contributed by atoms with Gasteiger partial charge in [0.2, 0.25) is 5.95 Å². The van der Waals surface area contributed by atoms with Crippen LogP contribution in [0.4, 0.5) is 11.8 Å². The maximum absolute atomic E-state index is 9.22. The van der Waals surface area contributed by atoms with Gasteiger partial charge >= 0.3 is 0 Å². The molecule has 0 atom stereocenters. The molecule has 0 bridgehead atoms. The van der Waals surface area contributed by atoms with Gasteiger partial charge < -0.3 is 16.2 Å². The summed E-state index contributed by atoms with van der Waals surface area (Å²) < 4.78 is 0. The van der Waals surface area contributed by atoms with Gasteiger partial charge in [-0.2, -0.15) is 4.98 Å². The molecule has 1 aliphatic rings. The first kappa shape index (κ1) is 16.8. The lowest BCUT2D eigenvalue weighted by Crippen LogP contribution is -2.23. The van der Waals surface area contributed by atoms with Crippen molar-refractivity contribution in [1.29, 1.82) is 0 Å². The van der Waals surface area contributed by atoms with Crippen molar-refractivity contribution < 1.29 is 5.11 Å². The molecule has 0 aliphatic heterocycles. The summed E-state index contributed by atoms with van der Waals surface area (Å²) >= 11 is 0. The van der Waals surface area contributed by atoms with E-state index >= 15 is 0 Å². The van der Waals surface area contributed by atoms with Gasteiger partial charge in [-0.1, -0.05) is 49.6 Å². The van der Waals surface area contributed by atoms with E-state index in [-0.39, 0.29) is 6.61 Å². The van der Waals surface area contributed by atoms with Gasteiger partial charge in [0, 0.05) is 11.4 Å². The van der Waals surface area contributed by atoms with Gasteiger partial charge in [0.1, 0.15) is 5.82 Å². The maximum atomic E-state index is 9.22. The van der Waals surface area contributed by atoms with Crippen LogP contribution in [-0.2, 0) is 6.61 Å². The average Bonchev–Trinajstić information content (AvgIpc) is 2.68. The van der Waals surface area contributed by atoms with E-state index < -0.39 is 0 Å². The number of hydrogen-bond donors (Lipinski definition) is 3. The van der Waals surface area contributed by atoms with Crippen LogP contribution in [0, 0.1) is 0 Å². The predicted molar refractivity (Wildman–Crippen MR) is 106 cm³/mol. The molecule has 0 saturated heterocycles. The number of hydrogen-bond acceptors (Lipinski definition) is 5. The molecular formula is C21H24N4O. The highest BCUT2D eigenvalue weighted by molar-refractivity contribution is 5.93. The second kappa shape index (κ2) is 7.30. The van der Waals surface area contributed by atoms with E-state index in [2.05, 4.69) is 21.4 Å². The predicted octanol–water partition coefficient (Wildman–Crippen LogP) is 4.12. The molecule has 26 heavy (non-hydrogen) atoms. The second-order valence-electron chi connectivity index (χ2n) is 7.00. The number of nitrogen functional groups attached to an aromatic ring is 1. The summed E-state index contributed by atoms with van der Waals surface area (Å²) in [6.07, 6.45) is 6.19. The first-order valence-electron chi connectivity index (χ1n) is 9.27. The third-order valence-corrected chi connectivity index (χ3v) is 5.13. The zero-order chi connectivity index (χ0) is 17.9. The molecule has 0 radical (unpaired) electrons. The molecular weight excluding hydrogens is 324 g/mol. The van der Waals surface area contributed by atoms with E-state index in [0.29, 0.717) is 12.0 Å². The molecule has 1 aliphatic carbocycles. The van der Waals surface area contributed by atoms with Crippen molar-refractivity contribution in [2.75, 3.05) is 11.1 Å². The van der Waals surface area contributed by atoms with Gasteiger partial charge in [0.25, 0.3) is 0 Å². The highest BCUT2D eigenvalue weighted by Crippen LogP contribution is 2.30. The van der Waals surface area contributed by atoms with Crippen molar-refractivity contribution in [3.63, 3.8) is 0 Å². The highest BCUT2D eigenvalue weighted by atomic mass is 16.3. The molecule has 0 spiro atoms. The molecule has 4 rings (SSSR count). The first-order chi connectivity index (χ1) is 12.7. The molecule has 4 N–H and O–H groups in total. The van der Waals surface area contributed by atoms with Gasteiger partial charge in [-0.05, 0) is 41.7 Å². The largest absolute Gasteiger partial charge is 0.392 e. The summed E-state index contributed by atoms with van der Waals surface area (Å²) in [6, 6.07) is 14.6. The highest BCUT2D eigenvalue weighted by Gasteiger charge is 2.16. The average molecular weight is 348 g/mol. The number of aliphatic hydroxyl groups is 1. The summed E-state index contributed by atoms with van der Waals surface area (Å²) in [4.78, 5) is 8.87. The normalized spacial score (nSPS) is 15.3. The monoisotopic (exact) mass is 348 g/mol. The Morgan fingerprint density at radius 3 is 2.42 bits per heavy atom. The Morgan fingerprint density at radius 1 is 0.962 bits per heavy atom. The van der Waals surface area contributed by atoms with E-state index in [0.717, 1.165) is 33.4 Å². The van der Waals surface area contributed by atoms with E-state index in [1.165, 1.54) is 32.1 Å². The van der Waals surface area contributed by atoms with E-state index in [4.69, 9.17) is 5.73 Å². The number of nitrogens with zero attached hydrogens (tertiary/aromatic N) is 2. The summed E-state index contributed by atoms with van der Waals surface area (Å²) in [5.74, 6) is 1.13. The SMILES string of the molecule is Nc1nc(NC2CCCCC2)c2cc(-c3ccc(CO)cc3)ccc2n1. The standard InChI is InChI=1S/C21H24N4O/c22-21-24-19-11-10-16(15-8-6-14(13-26)7-9-15)12-18(19)20(25-21)23-17-4-2-1-3-5-17/h6-12,17,26H,1-5,13H2,(H3,22,23,24,25). The summed E-state index contributed by atoms with van der Waals surface area (Å²) in [5.41, 5.74) is 9.89. The van der Waals surface area contributed by atoms with Crippen LogP contribution in [0.15, 0.2) is 42.5 Å². The van der Waals surface area contributed by atoms with Crippen LogP contribution >= 0.6 is 0 Å². The van der Waals surface area contributed by atoms with Gasteiger partial charge in [-0.15, -0.1) is 0 Å². The van der Waals surface area contributed by atoms with Gasteiger partial charge in [-0.25, -0.2) is 4.98 Å². The molecule has 2 aromatic carbocycles. The number of fused-ring (bicyclic) bond motifs is 1. The zero-order valence-electron chi connectivity index (χ0n) is 14.8. The van der Waals surface area contributed by atoms with Crippen LogP contribution in [0.2, 0.25) is 0 Å². The minimum atomic E-state index is 0.0561. The Morgan fingerprint density at radius 2 is 1.69 bits per heavy atom. The molecule has 0 amide bonds. The van der Waals surface area contributed by atoms with Gasteiger partial charge in [0.15, 0.2) is 0 Å². The van der Waals surface area contributed by atoms with E-state index in [9.17, 15) is 5.11 Å². The first-order valence-corrected chi connectivity index (χ1v) is 9.27. The fraction of sp³-hybridized carbons (Fsp3) is 0.333. The molecule has 5 nitrogen and oxygen atoms in total. The topological polar surface area (TPSA) is 84.1 Å². The number of nitrogens with two attached hydrogens (primary N) is 1. The lowest BCUT2D eigenvalue weighted by atomic mass is 9.95. The Kier molecular flexibility index (Phi) is 4.71. The lowest BCUT2D eigenvalue weighted by molar-refractivity contribution is 0.282. The minimum absolute atomic E-state index is 0.0561. The van der Waals surface area contributed by atoms with Crippen molar-refractivity contribution >= 4 is 22.7 Å². The number of anilines is 2.